The van der Waals surface area contributed by atoms with Crippen LogP contribution in [0, 0.1) is 5.41 Å². The summed E-state index contributed by atoms with van der Waals surface area (Å²) in [6.45, 7) is 15.8. The van der Waals surface area contributed by atoms with Gasteiger partial charge in [-0.05, 0) is 67.4 Å². The molecule has 1 N–H and O–H groups in total. The largest absolute Gasteiger partial charge is 0.376 e. The van der Waals surface area contributed by atoms with Crippen LogP contribution in [0.1, 0.15) is 67.0 Å². The topological polar surface area (TPSA) is 116 Å². The third-order valence-corrected chi connectivity index (χ3v) is 11.9. The SMILES string of the molecule is C[C@@H]1OCC2(CCN(c3nc4cnn(-c5cn(C)c6ccccc56)c4nc3COS(=O)C(C)(C)C)CC2)[C@@H]1NS(=O)C(C)(C)C. The Morgan fingerprint density at radius 3 is 2.47 bits per heavy atom. The second kappa shape index (κ2) is 11.8. The van der Waals surface area contributed by atoms with Crippen LogP contribution in [0.5, 0.6) is 0 Å². The highest BCUT2D eigenvalue weighted by Gasteiger charge is 2.51. The zero-order valence-electron chi connectivity index (χ0n) is 27.5. The minimum atomic E-state index is -1.53. The lowest BCUT2D eigenvalue weighted by molar-refractivity contribution is 0.0973. The van der Waals surface area contributed by atoms with E-state index in [0.717, 1.165) is 48.3 Å². The molecule has 0 radical (unpaired) electrons. The molecule has 0 bridgehead atoms. The number of benzene rings is 1. The number of hydrogen-bond acceptors (Lipinski definition) is 8. The van der Waals surface area contributed by atoms with E-state index in [1.807, 2.05) is 71.6 Å². The number of para-hydroxylation sites is 1. The van der Waals surface area contributed by atoms with Gasteiger partial charge in [0, 0.05) is 42.7 Å². The van der Waals surface area contributed by atoms with Crippen LogP contribution in [0.3, 0.4) is 0 Å². The maximum atomic E-state index is 13.1. The van der Waals surface area contributed by atoms with Gasteiger partial charge in [-0.2, -0.15) is 5.10 Å². The van der Waals surface area contributed by atoms with E-state index in [1.54, 1.807) is 6.20 Å². The van der Waals surface area contributed by atoms with Crippen LogP contribution in [-0.4, -0.2) is 74.1 Å². The van der Waals surface area contributed by atoms with Crippen molar-refractivity contribution >= 4 is 50.0 Å². The first-order valence-corrected chi connectivity index (χ1v) is 17.8. The van der Waals surface area contributed by atoms with Crippen molar-refractivity contribution in [2.75, 3.05) is 24.6 Å². The highest BCUT2D eigenvalue weighted by molar-refractivity contribution is 7.84. The van der Waals surface area contributed by atoms with Gasteiger partial charge in [-0.1, -0.05) is 18.2 Å². The van der Waals surface area contributed by atoms with Gasteiger partial charge in [0.1, 0.15) is 17.8 Å². The second-order valence-electron chi connectivity index (χ2n) is 14.4. The summed E-state index contributed by atoms with van der Waals surface area (Å²) in [6, 6.07) is 8.18. The number of rotatable bonds is 7. The summed E-state index contributed by atoms with van der Waals surface area (Å²) in [5.41, 5.74) is 3.80. The first-order chi connectivity index (χ1) is 21.2. The molecule has 4 atom stereocenters. The van der Waals surface area contributed by atoms with Crippen LogP contribution in [0.15, 0.2) is 36.7 Å². The molecule has 0 saturated carbocycles. The van der Waals surface area contributed by atoms with E-state index < -0.39 is 26.8 Å². The Kier molecular flexibility index (Phi) is 8.47. The van der Waals surface area contributed by atoms with Gasteiger partial charge in [0.2, 0.25) is 0 Å². The van der Waals surface area contributed by atoms with E-state index in [9.17, 15) is 8.42 Å². The number of fused-ring (bicyclic) bond motifs is 2. The van der Waals surface area contributed by atoms with Gasteiger partial charge < -0.3 is 14.2 Å². The number of aryl methyl sites for hydroxylation is 1. The van der Waals surface area contributed by atoms with Gasteiger partial charge in [0.25, 0.3) is 0 Å². The molecule has 4 aromatic rings. The van der Waals surface area contributed by atoms with Crippen LogP contribution in [0.2, 0.25) is 0 Å². The molecule has 244 valence electrons. The molecule has 6 rings (SSSR count). The zero-order valence-corrected chi connectivity index (χ0v) is 29.1. The molecule has 1 aromatic carbocycles. The zero-order chi connectivity index (χ0) is 32.3. The number of nitrogens with one attached hydrogen (secondary N) is 1. The van der Waals surface area contributed by atoms with Crippen molar-refractivity contribution < 1.29 is 17.3 Å². The molecule has 11 nitrogen and oxygen atoms in total. The first-order valence-electron chi connectivity index (χ1n) is 15.6. The molecule has 2 unspecified atom stereocenters. The number of nitrogens with zero attached hydrogens (tertiary/aromatic N) is 6. The normalized spacial score (nSPS) is 22.1. The maximum absolute atomic E-state index is 13.1. The van der Waals surface area contributed by atoms with Gasteiger partial charge >= 0.3 is 0 Å². The molecule has 13 heteroatoms. The molecule has 0 aliphatic carbocycles. The Bertz CT molecular complexity index is 1760. The van der Waals surface area contributed by atoms with Crippen LogP contribution in [0.4, 0.5) is 5.82 Å². The minimum absolute atomic E-state index is 0.00999. The molecule has 3 aromatic heterocycles. The fraction of sp³-hybridized carbons (Fsp3) is 0.594. The van der Waals surface area contributed by atoms with Crippen molar-refractivity contribution in [3.63, 3.8) is 0 Å². The standard InChI is InChI=1S/C32H45N7O4S2/c1-21-27(36-44(40)30(2,3)4)32(20-42-21)13-15-38(16-14-32)28-24(19-43-45(41)31(5,6)7)35-29-23(34-28)17-33-39(29)26-18-37(8)25-12-10-9-11-22(25)26/h9-12,17-18,21,27,36H,13-16,19-20H2,1-8H3/t21-,27+,44?,45?/m0/s1. The molecule has 2 aliphatic rings. The van der Waals surface area contributed by atoms with E-state index in [2.05, 4.69) is 33.2 Å². The third kappa shape index (κ3) is 6.09. The number of aromatic nitrogens is 5. The third-order valence-electron chi connectivity index (χ3n) is 8.97. The summed E-state index contributed by atoms with van der Waals surface area (Å²) in [5, 5.41) is 5.78. The van der Waals surface area contributed by atoms with Crippen LogP contribution in [-0.2, 0) is 44.6 Å². The van der Waals surface area contributed by atoms with Crippen LogP contribution >= 0.6 is 0 Å². The minimum Gasteiger partial charge on any atom is -0.376 e. The summed E-state index contributed by atoms with van der Waals surface area (Å²) in [5.74, 6) is 0.718. The summed E-state index contributed by atoms with van der Waals surface area (Å²) in [7, 11) is 0.819. The Hall–Kier alpha value is -2.71. The van der Waals surface area contributed by atoms with Crippen molar-refractivity contribution in [3.05, 3.63) is 42.4 Å². The molecule has 1 spiro atoms. The number of piperidine rings is 1. The fourth-order valence-corrected chi connectivity index (χ4v) is 7.89. The average molecular weight is 656 g/mol. The van der Waals surface area contributed by atoms with E-state index in [0.29, 0.717) is 23.5 Å². The predicted octanol–water partition coefficient (Wildman–Crippen LogP) is 4.71. The molecule has 45 heavy (non-hydrogen) atoms. The van der Waals surface area contributed by atoms with Crippen molar-refractivity contribution in [3.8, 4) is 5.69 Å². The lowest BCUT2D eigenvalue weighted by Crippen LogP contribution is -2.55. The summed E-state index contributed by atoms with van der Waals surface area (Å²) < 4.78 is 44.5. The van der Waals surface area contributed by atoms with Crippen molar-refractivity contribution in [2.24, 2.45) is 12.5 Å². The maximum Gasteiger partial charge on any atom is 0.182 e. The van der Waals surface area contributed by atoms with Gasteiger partial charge in [-0.25, -0.2) is 27.8 Å². The quantitative estimate of drug-likeness (QED) is 0.304. The highest BCUT2D eigenvalue weighted by atomic mass is 32.2. The van der Waals surface area contributed by atoms with Crippen molar-refractivity contribution in [2.45, 2.75) is 89.6 Å². The van der Waals surface area contributed by atoms with E-state index in [-0.39, 0.29) is 28.9 Å². The average Bonchev–Trinajstić information content (AvgIpc) is 3.64. The van der Waals surface area contributed by atoms with Crippen molar-refractivity contribution in [1.82, 2.24) is 29.0 Å². The molecule has 2 fully saturated rings. The molecule has 2 saturated heterocycles. The number of anilines is 1. The molecule has 5 heterocycles. The van der Waals surface area contributed by atoms with Gasteiger partial charge in [0.05, 0.1) is 51.1 Å². The molecule has 0 amide bonds. The Balaban J connectivity index is 1.33. The summed E-state index contributed by atoms with van der Waals surface area (Å²) >= 11 is -1.53. The van der Waals surface area contributed by atoms with Crippen LogP contribution < -0.4 is 9.62 Å². The number of hydrogen-bond donors (Lipinski definition) is 1. The van der Waals surface area contributed by atoms with Crippen molar-refractivity contribution in [1.29, 1.82) is 0 Å². The Labute approximate surface area is 270 Å². The van der Waals surface area contributed by atoms with Gasteiger partial charge in [0.15, 0.2) is 22.5 Å². The smallest absolute Gasteiger partial charge is 0.182 e. The van der Waals surface area contributed by atoms with E-state index in [4.69, 9.17) is 24.0 Å². The van der Waals surface area contributed by atoms with Gasteiger partial charge in [-0.3, -0.25) is 4.18 Å². The number of ether oxygens (including phenoxy) is 1. The van der Waals surface area contributed by atoms with E-state index in [1.165, 1.54) is 0 Å². The predicted molar refractivity (Wildman–Crippen MR) is 180 cm³/mol. The second-order valence-corrected chi connectivity index (χ2v) is 18.3. The lowest BCUT2D eigenvalue weighted by atomic mass is 9.73. The molecule has 2 aliphatic heterocycles. The molecular weight excluding hydrogens is 611 g/mol. The highest BCUT2D eigenvalue weighted by Crippen LogP contribution is 2.44. The molecular formula is C32H45N7O4S2. The van der Waals surface area contributed by atoms with Gasteiger partial charge in [-0.15, -0.1) is 0 Å². The van der Waals surface area contributed by atoms with Crippen LogP contribution in [0.25, 0.3) is 27.8 Å². The van der Waals surface area contributed by atoms with E-state index >= 15 is 0 Å². The Morgan fingerprint density at radius 1 is 1.07 bits per heavy atom. The monoisotopic (exact) mass is 655 g/mol. The first kappa shape index (κ1) is 32.2. The fourth-order valence-electron chi connectivity index (χ4n) is 6.29. The lowest BCUT2D eigenvalue weighted by Gasteiger charge is -2.43. The summed E-state index contributed by atoms with van der Waals surface area (Å²) in [4.78, 5) is 12.4. The Morgan fingerprint density at radius 2 is 1.78 bits per heavy atom. The summed E-state index contributed by atoms with van der Waals surface area (Å²) in [6.07, 6.45) is 5.46.